The molecule has 11 nitrogen and oxygen atoms in total. The number of carbonyl (C=O) groups is 5. The van der Waals surface area contributed by atoms with Crippen molar-refractivity contribution in [1.29, 1.82) is 0 Å². The highest BCUT2D eigenvalue weighted by Crippen LogP contribution is 2.11. The zero-order valence-corrected chi connectivity index (χ0v) is 20.0. The lowest BCUT2D eigenvalue weighted by molar-refractivity contribution is -0.147. The van der Waals surface area contributed by atoms with Crippen molar-refractivity contribution in [2.24, 2.45) is 17.6 Å². The van der Waals surface area contributed by atoms with E-state index in [9.17, 15) is 29.1 Å². The molecule has 5 unspecified atom stereocenters. The summed E-state index contributed by atoms with van der Waals surface area (Å²) < 4.78 is 0. The maximum absolute atomic E-state index is 12.9. The van der Waals surface area contributed by atoms with Crippen molar-refractivity contribution in [2.45, 2.75) is 71.1 Å². The van der Waals surface area contributed by atoms with Crippen molar-refractivity contribution in [3.63, 3.8) is 0 Å². The average Bonchev–Trinajstić information content (AvgIpc) is 2.71. The van der Waals surface area contributed by atoms with Gasteiger partial charge in [-0.25, -0.2) is 4.79 Å². The zero-order chi connectivity index (χ0) is 25.0. The maximum Gasteiger partial charge on any atom is 0.326 e. The molecule has 0 spiro atoms. The Kier molecular flexibility index (Phi) is 13.6. The van der Waals surface area contributed by atoms with Gasteiger partial charge in [0.25, 0.3) is 0 Å². The number of nitrogens with one attached hydrogen (secondary N) is 3. The molecule has 0 aliphatic rings. The summed E-state index contributed by atoms with van der Waals surface area (Å²) in [7, 11) is 0. The average molecular weight is 477 g/mol. The van der Waals surface area contributed by atoms with Crippen LogP contribution in [0.25, 0.3) is 0 Å². The van der Waals surface area contributed by atoms with Gasteiger partial charge in [-0.2, -0.15) is 11.8 Å². The number of rotatable bonds is 15. The molecule has 0 saturated carbocycles. The molecule has 0 heterocycles. The van der Waals surface area contributed by atoms with Crippen LogP contribution in [0.5, 0.6) is 0 Å². The van der Waals surface area contributed by atoms with Crippen LogP contribution in [0, 0.1) is 11.8 Å². The molecule has 0 radical (unpaired) electrons. The van der Waals surface area contributed by atoms with Gasteiger partial charge in [0, 0.05) is 0 Å². The largest absolute Gasteiger partial charge is 0.481 e. The molecule has 0 saturated heterocycles. The maximum atomic E-state index is 12.9. The van der Waals surface area contributed by atoms with E-state index in [1.807, 2.05) is 6.26 Å². The third-order valence-electron chi connectivity index (χ3n) is 5.00. The molecule has 0 aliphatic carbocycles. The smallest absolute Gasteiger partial charge is 0.326 e. The molecule has 0 rings (SSSR count). The second-order valence-electron chi connectivity index (χ2n) is 7.99. The first-order valence-corrected chi connectivity index (χ1v) is 11.8. The van der Waals surface area contributed by atoms with E-state index in [0.717, 1.165) is 0 Å². The number of thioether (sulfide) groups is 1. The standard InChI is InChI=1S/C20H36N4O7S/c1-6-11(4)16(19(29)22-13(20(30)31)9-14(25)26)24-18(28)15(10(2)3)23-17(27)12(21)7-8-32-5/h10-13,15-16H,6-9,21H2,1-5H3,(H,22,29)(H,23,27)(H,24,28)(H,25,26)(H,30,31). The lowest BCUT2D eigenvalue weighted by atomic mass is 9.96. The van der Waals surface area contributed by atoms with E-state index in [1.54, 1.807) is 39.5 Å². The third-order valence-corrected chi connectivity index (χ3v) is 5.65. The monoisotopic (exact) mass is 476 g/mol. The van der Waals surface area contributed by atoms with Gasteiger partial charge in [-0.15, -0.1) is 0 Å². The van der Waals surface area contributed by atoms with Crippen LogP contribution < -0.4 is 21.7 Å². The van der Waals surface area contributed by atoms with Gasteiger partial charge in [-0.3, -0.25) is 19.2 Å². The van der Waals surface area contributed by atoms with Crippen LogP contribution in [-0.4, -0.2) is 76.0 Å². The Morgan fingerprint density at radius 3 is 1.88 bits per heavy atom. The van der Waals surface area contributed by atoms with Gasteiger partial charge in [-0.05, 0) is 30.3 Å². The molecule has 32 heavy (non-hydrogen) atoms. The molecule has 12 heteroatoms. The minimum absolute atomic E-state index is 0.314. The normalized spacial score (nSPS) is 15.7. The number of aliphatic carboxylic acids is 2. The summed E-state index contributed by atoms with van der Waals surface area (Å²) in [5.41, 5.74) is 5.87. The molecule has 0 bridgehead atoms. The van der Waals surface area contributed by atoms with Gasteiger partial charge >= 0.3 is 11.9 Å². The highest BCUT2D eigenvalue weighted by molar-refractivity contribution is 7.98. The van der Waals surface area contributed by atoms with Gasteiger partial charge in [0.1, 0.15) is 18.1 Å². The molecule has 0 aromatic rings. The van der Waals surface area contributed by atoms with Gasteiger partial charge in [0.2, 0.25) is 17.7 Å². The second kappa shape index (κ2) is 14.7. The van der Waals surface area contributed by atoms with Crippen LogP contribution in [0.15, 0.2) is 0 Å². The fraction of sp³-hybridized carbons (Fsp3) is 0.750. The molecule has 5 atom stereocenters. The minimum Gasteiger partial charge on any atom is -0.481 e. The Bertz CT molecular complexity index is 674. The van der Waals surface area contributed by atoms with Gasteiger partial charge in [-0.1, -0.05) is 34.1 Å². The van der Waals surface area contributed by atoms with Crippen LogP contribution in [0.1, 0.15) is 47.0 Å². The number of carbonyl (C=O) groups excluding carboxylic acids is 3. The summed E-state index contributed by atoms with van der Waals surface area (Å²) in [6.45, 7) is 6.93. The topological polar surface area (TPSA) is 188 Å². The van der Waals surface area contributed by atoms with Gasteiger partial charge in [0.05, 0.1) is 12.5 Å². The summed E-state index contributed by atoms with van der Waals surface area (Å²) in [5, 5.41) is 25.4. The molecule has 0 aromatic heterocycles. The molecular formula is C20H36N4O7S. The van der Waals surface area contributed by atoms with E-state index in [2.05, 4.69) is 16.0 Å². The van der Waals surface area contributed by atoms with E-state index in [0.29, 0.717) is 18.6 Å². The molecule has 0 aliphatic heterocycles. The Hall–Kier alpha value is -2.34. The van der Waals surface area contributed by atoms with Crippen molar-refractivity contribution in [2.75, 3.05) is 12.0 Å². The minimum atomic E-state index is -1.64. The predicted molar refractivity (Wildman–Crippen MR) is 121 cm³/mol. The fourth-order valence-corrected chi connectivity index (χ4v) is 3.24. The third kappa shape index (κ3) is 10.3. The first-order valence-electron chi connectivity index (χ1n) is 10.5. The predicted octanol–water partition coefficient (Wildman–Crippen LogP) is -0.217. The Labute approximate surface area is 192 Å². The fourth-order valence-electron chi connectivity index (χ4n) is 2.75. The van der Waals surface area contributed by atoms with Gasteiger partial charge < -0.3 is 31.9 Å². The van der Waals surface area contributed by atoms with Crippen molar-refractivity contribution < 1.29 is 34.2 Å². The number of carboxylic acid groups (broad SMARTS) is 2. The van der Waals surface area contributed by atoms with Crippen LogP contribution in [0.4, 0.5) is 0 Å². The summed E-state index contributed by atoms with van der Waals surface area (Å²) in [6.07, 6.45) is 2.01. The number of nitrogens with two attached hydrogens (primary N) is 1. The molecule has 7 N–H and O–H groups in total. The molecule has 184 valence electrons. The highest BCUT2D eigenvalue weighted by atomic mass is 32.2. The van der Waals surface area contributed by atoms with Crippen molar-refractivity contribution in [1.82, 2.24) is 16.0 Å². The van der Waals surface area contributed by atoms with E-state index < -0.39 is 60.2 Å². The Morgan fingerprint density at radius 2 is 1.44 bits per heavy atom. The molecular weight excluding hydrogens is 440 g/mol. The molecule has 0 aromatic carbocycles. The van der Waals surface area contributed by atoms with E-state index >= 15 is 0 Å². The van der Waals surface area contributed by atoms with Gasteiger partial charge in [0.15, 0.2) is 0 Å². The number of amides is 3. The van der Waals surface area contributed by atoms with E-state index in [-0.39, 0.29) is 11.8 Å². The zero-order valence-electron chi connectivity index (χ0n) is 19.2. The number of hydrogen-bond acceptors (Lipinski definition) is 7. The lowest BCUT2D eigenvalue weighted by Crippen LogP contribution is -2.59. The lowest BCUT2D eigenvalue weighted by Gasteiger charge is -2.29. The van der Waals surface area contributed by atoms with Crippen LogP contribution in [0.2, 0.25) is 0 Å². The first kappa shape index (κ1) is 29.7. The van der Waals surface area contributed by atoms with Crippen molar-refractivity contribution in [3.8, 4) is 0 Å². The van der Waals surface area contributed by atoms with Crippen molar-refractivity contribution in [3.05, 3.63) is 0 Å². The summed E-state index contributed by atoms with van der Waals surface area (Å²) in [6, 6.07) is -4.50. The summed E-state index contributed by atoms with van der Waals surface area (Å²) in [5.74, 6) is -4.81. The summed E-state index contributed by atoms with van der Waals surface area (Å²) >= 11 is 1.54. The molecule has 3 amide bonds. The second-order valence-corrected chi connectivity index (χ2v) is 8.97. The molecule has 0 fully saturated rings. The SMILES string of the molecule is CCC(C)C(NC(=O)C(NC(=O)C(N)CCSC)C(C)C)C(=O)NC(CC(=O)O)C(=O)O. The Balaban J connectivity index is 5.45. The highest BCUT2D eigenvalue weighted by Gasteiger charge is 2.34. The van der Waals surface area contributed by atoms with E-state index in [1.165, 1.54) is 0 Å². The number of hydrogen-bond donors (Lipinski definition) is 6. The first-order chi connectivity index (χ1) is 14.8. The van der Waals surface area contributed by atoms with Crippen LogP contribution in [-0.2, 0) is 24.0 Å². The van der Waals surface area contributed by atoms with E-state index in [4.69, 9.17) is 10.8 Å². The number of carboxylic acids is 2. The van der Waals surface area contributed by atoms with Crippen LogP contribution in [0.3, 0.4) is 0 Å². The Morgan fingerprint density at radius 1 is 0.906 bits per heavy atom. The van der Waals surface area contributed by atoms with Crippen LogP contribution >= 0.6 is 11.8 Å². The van der Waals surface area contributed by atoms with Crippen molar-refractivity contribution >= 4 is 41.4 Å². The summed E-state index contributed by atoms with van der Waals surface area (Å²) in [4.78, 5) is 60.2. The quantitative estimate of drug-likeness (QED) is 0.186.